The zero-order valence-corrected chi connectivity index (χ0v) is 10.7. The van der Waals surface area contributed by atoms with Gasteiger partial charge in [-0.3, -0.25) is 0 Å². The molecule has 13 heavy (non-hydrogen) atoms. The molecule has 0 aliphatic heterocycles. The van der Waals surface area contributed by atoms with Gasteiger partial charge in [-0.05, 0) is 19.3 Å². The van der Waals surface area contributed by atoms with Crippen LogP contribution < -0.4 is 0 Å². The summed E-state index contributed by atoms with van der Waals surface area (Å²) < 4.78 is 0. The maximum absolute atomic E-state index is 3.98. The van der Waals surface area contributed by atoms with Gasteiger partial charge in [0.05, 0.1) is 0 Å². The van der Waals surface area contributed by atoms with E-state index in [1.165, 1.54) is 11.1 Å². The van der Waals surface area contributed by atoms with Crippen molar-refractivity contribution in [1.82, 2.24) is 0 Å². The quantitative estimate of drug-likeness (QED) is 0.580. The predicted molar refractivity (Wildman–Crippen MR) is 53.0 cm³/mol. The largest absolute Gasteiger partial charge is 0.184 e. The van der Waals surface area contributed by atoms with E-state index >= 15 is 0 Å². The van der Waals surface area contributed by atoms with Crippen LogP contribution >= 0.6 is 0 Å². The van der Waals surface area contributed by atoms with E-state index in [2.05, 4.69) is 31.7 Å². The molecule has 0 aliphatic carbocycles. The molecule has 71 valence electrons. The van der Waals surface area contributed by atoms with Crippen LogP contribution in [0.4, 0.5) is 0 Å². The van der Waals surface area contributed by atoms with Crippen molar-refractivity contribution in [2.45, 2.75) is 26.2 Å². The van der Waals surface area contributed by atoms with Gasteiger partial charge in [-0.2, -0.15) is 35.9 Å². The average molecular weight is 345 g/mol. The van der Waals surface area contributed by atoms with Gasteiger partial charge < -0.3 is 0 Å². The fourth-order valence-electron chi connectivity index (χ4n) is 1.09. The van der Waals surface area contributed by atoms with Crippen molar-refractivity contribution in [1.29, 1.82) is 0 Å². The molecule has 1 rings (SSSR count). The fraction of sp³-hybridized carbons (Fsp3) is 0.333. The summed E-state index contributed by atoms with van der Waals surface area (Å²) in [7, 11) is 0. The van der Waals surface area contributed by atoms with Gasteiger partial charge in [-0.15, -0.1) is 0 Å². The van der Waals surface area contributed by atoms with E-state index < -0.39 is 0 Å². The van der Waals surface area contributed by atoms with E-state index in [1.54, 1.807) is 0 Å². The van der Waals surface area contributed by atoms with E-state index in [9.17, 15) is 0 Å². The second kappa shape index (κ2) is 7.07. The van der Waals surface area contributed by atoms with Crippen LogP contribution in [0.2, 0.25) is 0 Å². The summed E-state index contributed by atoms with van der Waals surface area (Å²) >= 11 is 0. The zero-order chi connectivity index (χ0) is 8.81. The summed E-state index contributed by atoms with van der Waals surface area (Å²) in [5, 5.41) is 0. The van der Waals surface area contributed by atoms with Crippen molar-refractivity contribution in [3.8, 4) is 0 Å². The molecule has 0 aromatic heterocycles. The number of allylic oxidation sites excluding steroid dienone is 1. The molecule has 0 fully saturated rings. The maximum Gasteiger partial charge on any atom is 0 e. The topological polar surface area (TPSA) is 0 Å². The van der Waals surface area contributed by atoms with Crippen LogP contribution in [0.5, 0.6) is 0 Å². The normalized spacial score (nSPS) is 9.00. The van der Waals surface area contributed by atoms with Crippen molar-refractivity contribution >= 4 is 0 Å². The van der Waals surface area contributed by atoms with Crippen molar-refractivity contribution < 1.29 is 20.4 Å². The van der Waals surface area contributed by atoms with Gasteiger partial charge in [0.1, 0.15) is 0 Å². The predicted octanol–water partition coefficient (Wildman–Crippen LogP) is 3.38. The molecule has 1 aromatic rings. The number of aryl methyl sites for hydroxylation is 1. The molecule has 1 radical (unpaired) electrons. The number of hydrogen-bond acceptors (Lipinski definition) is 0. The summed E-state index contributed by atoms with van der Waals surface area (Å²) in [6, 6.07) is 11.2. The molecule has 0 bridgehead atoms. The summed E-state index contributed by atoms with van der Waals surface area (Å²) in [5.74, 6) is 0. The van der Waals surface area contributed by atoms with Gasteiger partial charge in [0.15, 0.2) is 0 Å². The summed E-state index contributed by atoms with van der Waals surface area (Å²) in [4.78, 5) is 0. The van der Waals surface area contributed by atoms with Crippen LogP contribution in [0.15, 0.2) is 36.4 Å². The first-order valence-electron chi connectivity index (χ1n) is 4.44. The smallest absolute Gasteiger partial charge is 0 e. The fourth-order valence-corrected chi connectivity index (χ4v) is 1.09. The minimum absolute atomic E-state index is 0. The van der Waals surface area contributed by atoms with Crippen LogP contribution in [0.25, 0.3) is 0 Å². The minimum Gasteiger partial charge on any atom is -0.184 e. The molecule has 0 heterocycles. The van der Waals surface area contributed by atoms with Crippen LogP contribution in [-0.4, -0.2) is 0 Å². The molecule has 0 saturated carbocycles. The first-order chi connectivity index (χ1) is 5.83. The Hall–Kier alpha value is -0.378. The second-order valence-electron chi connectivity index (χ2n) is 3.01. The van der Waals surface area contributed by atoms with Crippen LogP contribution in [0.3, 0.4) is 0 Å². The van der Waals surface area contributed by atoms with E-state index in [4.69, 9.17) is 0 Å². The molecule has 0 aliphatic rings. The monoisotopic (exact) mass is 346 g/mol. The Morgan fingerprint density at radius 3 is 2.54 bits per heavy atom. The van der Waals surface area contributed by atoms with Crippen molar-refractivity contribution in [3.05, 3.63) is 48.0 Å². The van der Waals surface area contributed by atoms with Crippen molar-refractivity contribution in [2.75, 3.05) is 0 Å². The van der Waals surface area contributed by atoms with Gasteiger partial charge in [-0.25, -0.2) is 0 Å². The van der Waals surface area contributed by atoms with E-state index in [1.807, 2.05) is 12.1 Å². The van der Waals surface area contributed by atoms with Gasteiger partial charge in [0.2, 0.25) is 0 Å². The molecule has 0 saturated heterocycles. The maximum atomic E-state index is 3.98. The summed E-state index contributed by atoms with van der Waals surface area (Å²) in [6.45, 7) is 6.13. The van der Waals surface area contributed by atoms with Gasteiger partial charge in [-0.1, -0.05) is 19.1 Å². The SMILES string of the molecule is C=C(CC)CCc1cc[c-]cc1.[Re]. The molecule has 1 aromatic carbocycles. The number of benzene rings is 1. The van der Waals surface area contributed by atoms with E-state index in [-0.39, 0.29) is 20.4 Å². The first kappa shape index (κ1) is 12.6. The molecule has 0 N–H and O–H groups in total. The molecular formula is C12H15Re-. The van der Waals surface area contributed by atoms with Gasteiger partial charge >= 0.3 is 0 Å². The van der Waals surface area contributed by atoms with Gasteiger partial charge in [0.25, 0.3) is 0 Å². The van der Waals surface area contributed by atoms with E-state index in [0.29, 0.717) is 0 Å². The first-order valence-corrected chi connectivity index (χ1v) is 4.44. The van der Waals surface area contributed by atoms with Crippen molar-refractivity contribution in [3.63, 3.8) is 0 Å². The molecule has 0 amide bonds. The third kappa shape index (κ3) is 5.03. The summed E-state index contributed by atoms with van der Waals surface area (Å²) in [6.07, 6.45) is 3.32. The molecule has 0 spiro atoms. The molecule has 0 atom stereocenters. The minimum atomic E-state index is 0. The number of rotatable bonds is 4. The van der Waals surface area contributed by atoms with Crippen LogP contribution in [-0.2, 0) is 26.8 Å². The zero-order valence-electron chi connectivity index (χ0n) is 8.02. The standard InChI is InChI=1S/C12H15.Re/c1-3-11(2)9-10-12-7-5-4-6-8-12;/h5-8H,2-3,9-10H2,1H3;/q-1;. The molecular weight excluding hydrogens is 330 g/mol. The molecule has 0 nitrogen and oxygen atoms in total. The third-order valence-electron chi connectivity index (χ3n) is 2.05. The number of hydrogen-bond donors (Lipinski definition) is 0. The third-order valence-corrected chi connectivity index (χ3v) is 2.05. The Balaban J connectivity index is 0.00000144. The van der Waals surface area contributed by atoms with Gasteiger partial charge in [0, 0.05) is 20.4 Å². The molecule has 0 unspecified atom stereocenters. The Bertz CT molecular complexity index is 239. The Kier molecular flexibility index (Phi) is 6.86. The van der Waals surface area contributed by atoms with Crippen LogP contribution in [0, 0.1) is 6.07 Å². The second-order valence-corrected chi connectivity index (χ2v) is 3.01. The average Bonchev–Trinajstić information content (AvgIpc) is 2.16. The Labute approximate surface area is 94.7 Å². The summed E-state index contributed by atoms with van der Waals surface area (Å²) in [5.41, 5.74) is 2.71. The van der Waals surface area contributed by atoms with Crippen molar-refractivity contribution in [2.24, 2.45) is 0 Å². The Morgan fingerprint density at radius 2 is 2.00 bits per heavy atom. The van der Waals surface area contributed by atoms with E-state index in [0.717, 1.165) is 19.3 Å². The Morgan fingerprint density at radius 1 is 1.38 bits per heavy atom. The molecule has 1 heteroatoms. The van der Waals surface area contributed by atoms with Crippen LogP contribution in [0.1, 0.15) is 25.3 Å².